The fraction of sp³-hybridized carbons (Fsp3) is 0.833. The maximum atomic E-state index is 14.5. The Labute approximate surface area is 413 Å². The van der Waals surface area contributed by atoms with E-state index in [9.17, 15) is 30.3 Å². The minimum atomic E-state index is -1.91. The van der Waals surface area contributed by atoms with Crippen molar-refractivity contribution in [2.24, 2.45) is 17.8 Å². The quantitative estimate of drug-likeness (QED) is 0.0467. The highest BCUT2D eigenvalue weighted by Gasteiger charge is 2.53. The molecule has 3 heterocycles. The minimum absolute atomic E-state index is 0.114. The van der Waals surface area contributed by atoms with Crippen LogP contribution < -0.4 is 10.6 Å². The number of carbonyl (C=O) groups excluding carboxylic acids is 1. The number of carbonyl (C=O) groups is 1. The van der Waals surface area contributed by atoms with E-state index in [1.807, 2.05) is 64.9 Å². The maximum Gasteiger partial charge on any atom is 0.311 e. The molecule has 1 aromatic carbocycles. The first-order chi connectivity index (χ1) is 30.9. The summed E-state index contributed by atoms with van der Waals surface area (Å²) in [5, 5.41) is 67.0. The third kappa shape index (κ3) is 14.8. The molecule has 4 rings (SSSR count). The third-order valence-electron chi connectivity index (χ3n) is 14.1. The largest absolute Gasteiger partial charge is 0.458 e. The molecule has 0 unspecified atom stereocenters. The average molecular weight is 1070 g/mol. The predicted molar refractivity (Wildman–Crippen MR) is 265 cm³/mol. The maximum absolute atomic E-state index is 14.5. The summed E-state index contributed by atoms with van der Waals surface area (Å²) in [6.45, 7) is 18.3. The fourth-order valence-electron chi connectivity index (χ4n) is 10.1. The summed E-state index contributed by atoms with van der Waals surface area (Å²) in [5.74, 6) is -2.77. The number of aliphatic hydroxyl groups excluding tert-OH is 3. The van der Waals surface area contributed by atoms with Crippen LogP contribution in [0.25, 0.3) is 0 Å². The number of aliphatic hydroxyl groups is 5. The van der Waals surface area contributed by atoms with Gasteiger partial charge in [-0.15, -0.1) is 0 Å². The SMILES string of the molecule is CC[C@H]1OC(=O)[C@H](C)[C@@H](O[C@H]2C[C@@](C)(OC)[C@@H](O)[C@H](C)O2)[C@H](C)[C@@H](O[C@@H]2O[C@H](C)C[C@H](N(C)C)[C@H]2O)[C@](C)(O)C[C@@H](C)CN(CCCNC(=S)NCCc2ccccc2)[C@H](C)[C@@H](O)[C@@]1(O)I. The van der Waals surface area contributed by atoms with Gasteiger partial charge < -0.3 is 69.5 Å². The highest BCUT2D eigenvalue weighted by atomic mass is 127. The lowest BCUT2D eigenvalue weighted by atomic mass is 9.77. The lowest BCUT2D eigenvalue weighted by Crippen LogP contribution is -2.60. The predicted octanol–water partition coefficient (Wildman–Crippen LogP) is 3.74. The summed E-state index contributed by atoms with van der Waals surface area (Å²) in [6, 6.07) is 9.24. The van der Waals surface area contributed by atoms with E-state index in [0.29, 0.717) is 44.1 Å². The van der Waals surface area contributed by atoms with Crippen molar-refractivity contribution in [1.29, 1.82) is 0 Å². The molecule has 0 saturated carbocycles. The van der Waals surface area contributed by atoms with Gasteiger partial charge in [0.25, 0.3) is 0 Å². The van der Waals surface area contributed by atoms with E-state index in [2.05, 4.69) is 27.7 Å². The first-order valence-corrected chi connectivity index (χ1v) is 25.4. The van der Waals surface area contributed by atoms with Crippen LogP contribution >= 0.6 is 34.8 Å². The van der Waals surface area contributed by atoms with Crippen LogP contribution in [0, 0.1) is 17.8 Å². The molecular weight excluding hydrogens is 984 g/mol. The van der Waals surface area contributed by atoms with Gasteiger partial charge in [0, 0.05) is 57.7 Å². The summed E-state index contributed by atoms with van der Waals surface area (Å²) in [4.78, 5) is 18.6. The van der Waals surface area contributed by atoms with Crippen LogP contribution in [-0.4, -0.2) is 182 Å². The molecule has 18 heteroatoms. The van der Waals surface area contributed by atoms with Gasteiger partial charge in [-0.2, -0.15) is 0 Å². The Balaban J connectivity index is 1.70. The number of halogens is 1. The number of likely N-dealkylation sites (N-methyl/N-ethyl adjacent to an activating group) is 1. The van der Waals surface area contributed by atoms with Crippen LogP contribution in [0.15, 0.2) is 30.3 Å². The van der Waals surface area contributed by atoms with E-state index < -0.39 is 94.0 Å². The van der Waals surface area contributed by atoms with E-state index in [1.165, 1.54) is 12.7 Å². The number of cyclic esters (lactones) is 1. The molecule has 0 aliphatic carbocycles. The Morgan fingerprint density at radius 1 is 0.970 bits per heavy atom. The van der Waals surface area contributed by atoms with Crippen LogP contribution in [0.1, 0.15) is 100.0 Å². The lowest BCUT2D eigenvalue weighted by Gasteiger charge is -2.48. The Bertz CT molecular complexity index is 1650. The second-order valence-corrected chi connectivity index (χ2v) is 22.1. The van der Waals surface area contributed by atoms with Crippen molar-refractivity contribution in [2.45, 2.75) is 189 Å². The lowest BCUT2D eigenvalue weighted by molar-refractivity contribution is -0.318. The second-order valence-electron chi connectivity index (χ2n) is 20.0. The average Bonchev–Trinajstić information content (AvgIpc) is 3.26. The molecule has 3 saturated heterocycles. The molecule has 0 spiro atoms. The molecular formula is C48H83IN4O12S. The number of esters is 1. The normalized spacial score (nSPS) is 41.4. The first-order valence-electron chi connectivity index (χ1n) is 23.9. The van der Waals surface area contributed by atoms with Gasteiger partial charge in [-0.1, -0.05) is 51.1 Å². The number of alkyl halides is 1. The molecule has 0 radical (unpaired) electrons. The number of benzene rings is 1. The van der Waals surface area contributed by atoms with E-state index >= 15 is 0 Å². The summed E-state index contributed by atoms with van der Waals surface area (Å²) < 4.78 is 36.2. The van der Waals surface area contributed by atoms with Crippen molar-refractivity contribution >= 4 is 45.9 Å². The van der Waals surface area contributed by atoms with Gasteiger partial charge >= 0.3 is 5.97 Å². The van der Waals surface area contributed by atoms with Crippen LogP contribution in [0.5, 0.6) is 0 Å². The van der Waals surface area contributed by atoms with Crippen LogP contribution in [0.4, 0.5) is 0 Å². The molecule has 3 aliphatic heterocycles. The highest BCUT2D eigenvalue weighted by Crippen LogP contribution is 2.41. The standard InChI is InChI=1S/C48H83IN4O12S/c1-13-36-48(49,59)40(55)32(6)53(23-17-21-50-45(66)51-22-20-34-18-15-14-16-19-34)27-28(2)25-46(8,58)42(65-44-38(54)35(52(10)11)24-29(3)61-44)30(4)39(31(5)43(57)63-36)64-37-26-47(9,60-12)41(56)33(7)62-37/h14-16,18-19,28-33,35-42,44,54-56,58-59H,13,17,20-27H2,1-12H3,(H2,50,51,66)/t28-,29-,30+,31-,32-,33+,35+,36-,37+,38-,39+,40-,41+,42-,44+,46-,47-,48-/m1/s1. The van der Waals surface area contributed by atoms with Crippen molar-refractivity contribution in [1.82, 2.24) is 20.4 Å². The molecule has 66 heavy (non-hydrogen) atoms. The van der Waals surface area contributed by atoms with Crippen molar-refractivity contribution in [2.75, 3.05) is 47.4 Å². The van der Waals surface area contributed by atoms with Gasteiger partial charge in [-0.05, 0) is 134 Å². The Morgan fingerprint density at radius 2 is 1.62 bits per heavy atom. The highest BCUT2D eigenvalue weighted by molar-refractivity contribution is 14.1. The smallest absolute Gasteiger partial charge is 0.311 e. The minimum Gasteiger partial charge on any atom is -0.458 e. The summed E-state index contributed by atoms with van der Waals surface area (Å²) in [6.07, 6.45) is -7.27. The van der Waals surface area contributed by atoms with Crippen LogP contribution in [0.2, 0.25) is 0 Å². The number of thiocarbonyl (C=S) groups is 1. The number of hydrogen-bond acceptors (Lipinski definition) is 15. The summed E-state index contributed by atoms with van der Waals surface area (Å²) in [7, 11) is 5.29. The molecule has 3 aliphatic rings. The zero-order valence-corrected chi connectivity index (χ0v) is 44.4. The molecule has 3 fully saturated rings. The Morgan fingerprint density at radius 3 is 2.24 bits per heavy atom. The number of ether oxygens (including phenoxy) is 6. The van der Waals surface area contributed by atoms with Crippen molar-refractivity contribution in [3.63, 3.8) is 0 Å². The first kappa shape index (κ1) is 57.2. The van der Waals surface area contributed by atoms with Gasteiger partial charge in [0.1, 0.15) is 24.4 Å². The van der Waals surface area contributed by atoms with Gasteiger partial charge in [0.15, 0.2) is 21.3 Å². The van der Waals surface area contributed by atoms with Crippen molar-refractivity contribution in [3.8, 4) is 0 Å². The van der Waals surface area contributed by atoms with Gasteiger partial charge in [0.2, 0.25) is 0 Å². The van der Waals surface area contributed by atoms with Gasteiger partial charge in [0.05, 0.1) is 41.5 Å². The van der Waals surface area contributed by atoms with E-state index in [0.717, 1.165) is 6.42 Å². The molecule has 0 bridgehead atoms. The number of methoxy groups -OCH3 is 1. The van der Waals surface area contributed by atoms with Crippen molar-refractivity contribution in [3.05, 3.63) is 35.9 Å². The fourth-order valence-corrected chi connectivity index (χ4v) is 11.4. The molecule has 18 atom stereocenters. The van der Waals surface area contributed by atoms with Gasteiger partial charge in [-0.3, -0.25) is 9.69 Å². The topological polar surface area (TPSA) is 204 Å². The molecule has 7 N–H and O–H groups in total. The number of nitrogens with zero attached hydrogens (tertiary/aromatic N) is 2. The third-order valence-corrected chi connectivity index (χ3v) is 15.7. The van der Waals surface area contributed by atoms with E-state index in [-0.39, 0.29) is 37.3 Å². The second kappa shape index (κ2) is 25.1. The molecule has 16 nitrogen and oxygen atoms in total. The number of rotatable bonds is 14. The molecule has 0 aromatic heterocycles. The number of hydrogen-bond donors (Lipinski definition) is 7. The van der Waals surface area contributed by atoms with Crippen molar-refractivity contribution < 1.29 is 58.7 Å². The monoisotopic (exact) mass is 1070 g/mol. The van der Waals surface area contributed by atoms with Crippen LogP contribution in [0.3, 0.4) is 0 Å². The molecule has 0 amide bonds. The summed E-state index contributed by atoms with van der Waals surface area (Å²) >= 11 is 7.38. The van der Waals surface area contributed by atoms with E-state index in [1.54, 1.807) is 57.2 Å². The Hall–Kier alpha value is -1.37. The van der Waals surface area contributed by atoms with Crippen LogP contribution in [-0.2, 0) is 39.6 Å². The Kier molecular flexibility index (Phi) is 21.8. The van der Waals surface area contributed by atoms with E-state index in [4.69, 9.17) is 40.6 Å². The number of nitrogens with one attached hydrogen (secondary N) is 2. The molecule has 1 aromatic rings. The van der Waals surface area contributed by atoms with Gasteiger partial charge in [-0.25, -0.2) is 0 Å². The molecule has 380 valence electrons. The zero-order valence-electron chi connectivity index (χ0n) is 41.4. The summed E-state index contributed by atoms with van der Waals surface area (Å²) in [5.41, 5.74) is -1.46. The zero-order chi connectivity index (χ0) is 49.3.